The molecule has 1 aliphatic carbocycles. The Morgan fingerprint density at radius 3 is 2.65 bits per heavy atom. The van der Waals surface area contributed by atoms with E-state index < -0.39 is 0 Å². The van der Waals surface area contributed by atoms with Crippen molar-refractivity contribution in [1.82, 2.24) is 4.98 Å². The molecule has 0 atom stereocenters. The molecule has 4 rings (SSSR count). The molecule has 26 heavy (non-hydrogen) atoms. The molecule has 3 aromatic rings. The number of benzene rings is 2. The summed E-state index contributed by atoms with van der Waals surface area (Å²) in [4.78, 5) is 4.46. The van der Waals surface area contributed by atoms with Gasteiger partial charge in [-0.25, -0.2) is 0 Å². The van der Waals surface area contributed by atoms with Crippen molar-refractivity contribution in [1.29, 1.82) is 5.26 Å². The van der Waals surface area contributed by atoms with Crippen molar-refractivity contribution >= 4 is 22.3 Å². The van der Waals surface area contributed by atoms with Crippen molar-refractivity contribution in [2.45, 2.75) is 38.3 Å². The number of nitrogens with zero attached hydrogens (tertiary/aromatic N) is 2. The minimum atomic E-state index is 0.452. The van der Waals surface area contributed by atoms with Crippen LogP contribution in [0.25, 0.3) is 10.9 Å². The van der Waals surface area contributed by atoms with Crippen LogP contribution in [0.2, 0.25) is 0 Å². The molecule has 2 aromatic carbocycles. The molecule has 1 fully saturated rings. The number of hydrogen-bond acceptors (Lipinski definition) is 4. The van der Waals surface area contributed by atoms with Crippen LogP contribution in [0.4, 0.5) is 11.4 Å². The number of nitrogens with one attached hydrogen (secondary N) is 2. The van der Waals surface area contributed by atoms with Gasteiger partial charge in [-0.15, -0.1) is 0 Å². The predicted octanol–water partition coefficient (Wildman–Crippen LogP) is 5.07. The number of rotatable bonds is 5. The first-order valence-electron chi connectivity index (χ1n) is 9.21. The maximum atomic E-state index is 9.53. The highest BCUT2D eigenvalue weighted by Crippen LogP contribution is 2.31. The van der Waals surface area contributed by atoms with Crippen LogP contribution >= 0.6 is 0 Å². The monoisotopic (exact) mass is 342 g/mol. The summed E-state index contributed by atoms with van der Waals surface area (Å²) in [7, 11) is 0. The molecule has 1 heterocycles. The van der Waals surface area contributed by atoms with Gasteiger partial charge in [-0.1, -0.05) is 43.2 Å². The molecule has 0 unspecified atom stereocenters. The Balaban J connectivity index is 1.65. The largest absolute Gasteiger partial charge is 0.381 e. The lowest BCUT2D eigenvalue weighted by Gasteiger charge is -2.17. The molecular weight excluding hydrogens is 320 g/mol. The number of anilines is 2. The molecule has 1 saturated carbocycles. The van der Waals surface area contributed by atoms with Crippen molar-refractivity contribution in [2.24, 2.45) is 0 Å². The summed E-state index contributed by atoms with van der Waals surface area (Å²) in [6.45, 7) is 0.767. The zero-order chi connectivity index (χ0) is 17.8. The van der Waals surface area contributed by atoms with Gasteiger partial charge in [0.05, 0.1) is 16.8 Å². The van der Waals surface area contributed by atoms with Gasteiger partial charge in [0.25, 0.3) is 0 Å². The fraction of sp³-hybridized carbons (Fsp3) is 0.273. The van der Waals surface area contributed by atoms with Crippen LogP contribution in [0.1, 0.15) is 36.8 Å². The van der Waals surface area contributed by atoms with Crippen LogP contribution in [0.15, 0.2) is 54.7 Å². The molecule has 4 heteroatoms. The van der Waals surface area contributed by atoms with Crippen molar-refractivity contribution < 1.29 is 0 Å². The minimum Gasteiger partial charge on any atom is -0.381 e. The molecule has 1 aromatic heterocycles. The second-order valence-corrected chi connectivity index (χ2v) is 6.86. The summed E-state index contributed by atoms with van der Waals surface area (Å²) >= 11 is 0. The van der Waals surface area contributed by atoms with E-state index in [-0.39, 0.29) is 0 Å². The lowest BCUT2D eigenvalue weighted by Crippen LogP contribution is -2.16. The number of nitriles is 1. The summed E-state index contributed by atoms with van der Waals surface area (Å²) in [6.07, 6.45) is 6.52. The SMILES string of the molecule is N#Cc1cnc2ccc(NCc3ccccc3)cc2c1NC1CCCC1. The summed E-state index contributed by atoms with van der Waals surface area (Å²) in [5.41, 5.74) is 4.72. The molecule has 0 aliphatic heterocycles. The van der Waals surface area contributed by atoms with Crippen LogP contribution in [0, 0.1) is 11.3 Å². The first-order chi connectivity index (χ1) is 12.8. The van der Waals surface area contributed by atoms with Crippen molar-refractivity contribution in [3.05, 3.63) is 65.9 Å². The maximum Gasteiger partial charge on any atom is 0.103 e. The van der Waals surface area contributed by atoms with E-state index in [1.807, 2.05) is 30.3 Å². The standard InChI is InChI=1S/C22H22N4/c23-13-17-15-25-21-11-10-19(24-14-16-6-2-1-3-7-16)12-20(21)22(17)26-18-8-4-5-9-18/h1-3,6-7,10-12,15,18,24H,4-5,8-9,14H2,(H,25,26). The second kappa shape index (κ2) is 7.45. The minimum absolute atomic E-state index is 0.452. The van der Waals surface area contributed by atoms with Gasteiger partial charge in [-0.05, 0) is 36.6 Å². The van der Waals surface area contributed by atoms with Gasteiger partial charge in [0.15, 0.2) is 0 Å². The Hall–Kier alpha value is -3.06. The van der Waals surface area contributed by atoms with Gasteiger partial charge in [0, 0.05) is 29.9 Å². The van der Waals surface area contributed by atoms with E-state index in [4.69, 9.17) is 0 Å². The average molecular weight is 342 g/mol. The third-order valence-electron chi connectivity index (χ3n) is 5.03. The van der Waals surface area contributed by atoms with Crippen molar-refractivity contribution in [3.63, 3.8) is 0 Å². The van der Waals surface area contributed by atoms with Crippen molar-refractivity contribution in [3.8, 4) is 6.07 Å². The van der Waals surface area contributed by atoms with Gasteiger partial charge in [0.1, 0.15) is 6.07 Å². The zero-order valence-electron chi connectivity index (χ0n) is 14.7. The van der Waals surface area contributed by atoms with E-state index in [0.29, 0.717) is 11.6 Å². The first kappa shape index (κ1) is 16.4. The predicted molar refractivity (Wildman–Crippen MR) is 106 cm³/mol. The molecular formula is C22H22N4. The van der Waals surface area contributed by atoms with E-state index in [1.165, 1.54) is 31.2 Å². The highest BCUT2D eigenvalue weighted by Gasteiger charge is 2.18. The van der Waals surface area contributed by atoms with Gasteiger partial charge in [-0.2, -0.15) is 5.26 Å². The molecule has 1 aliphatic rings. The third kappa shape index (κ3) is 3.48. The van der Waals surface area contributed by atoms with E-state index in [9.17, 15) is 5.26 Å². The van der Waals surface area contributed by atoms with Crippen molar-refractivity contribution in [2.75, 3.05) is 10.6 Å². The van der Waals surface area contributed by atoms with E-state index >= 15 is 0 Å². The summed E-state index contributed by atoms with van der Waals surface area (Å²) in [5.74, 6) is 0. The molecule has 130 valence electrons. The number of hydrogen-bond donors (Lipinski definition) is 2. The maximum absolute atomic E-state index is 9.53. The smallest absolute Gasteiger partial charge is 0.103 e. The molecule has 0 spiro atoms. The van der Waals surface area contributed by atoms with E-state index in [1.54, 1.807) is 6.20 Å². The normalized spacial score (nSPS) is 14.3. The molecule has 0 saturated heterocycles. The third-order valence-corrected chi connectivity index (χ3v) is 5.03. The lowest BCUT2D eigenvalue weighted by atomic mass is 10.1. The highest BCUT2D eigenvalue weighted by atomic mass is 14.9. The molecule has 0 amide bonds. The van der Waals surface area contributed by atoms with E-state index in [0.717, 1.165) is 28.8 Å². The van der Waals surface area contributed by atoms with Crippen LogP contribution in [-0.4, -0.2) is 11.0 Å². The Kier molecular flexibility index (Phi) is 4.70. The first-order valence-corrected chi connectivity index (χ1v) is 9.21. The van der Waals surface area contributed by atoms with E-state index in [2.05, 4.69) is 39.9 Å². The van der Waals surface area contributed by atoms with Crippen LogP contribution < -0.4 is 10.6 Å². The quantitative estimate of drug-likeness (QED) is 0.679. The van der Waals surface area contributed by atoms with Gasteiger partial charge >= 0.3 is 0 Å². The van der Waals surface area contributed by atoms with Crippen LogP contribution in [-0.2, 0) is 6.54 Å². The molecule has 0 radical (unpaired) electrons. The highest BCUT2D eigenvalue weighted by molar-refractivity contribution is 5.96. The topological polar surface area (TPSA) is 60.7 Å². The number of fused-ring (bicyclic) bond motifs is 1. The molecule has 2 N–H and O–H groups in total. The Morgan fingerprint density at radius 1 is 1.08 bits per heavy atom. The summed E-state index contributed by atoms with van der Waals surface area (Å²) in [5, 5.41) is 17.6. The Morgan fingerprint density at radius 2 is 1.88 bits per heavy atom. The van der Waals surface area contributed by atoms with Crippen LogP contribution in [0.3, 0.4) is 0 Å². The van der Waals surface area contributed by atoms with Crippen LogP contribution in [0.5, 0.6) is 0 Å². The fourth-order valence-electron chi connectivity index (χ4n) is 3.62. The fourth-order valence-corrected chi connectivity index (χ4v) is 3.62. The van der Waals surface area contributed by atoms with Gasteiger partial charge in [-0.3, -0.25) is 4.98 Å². The summed E-state index contributed by atoms with van der Waals surface area (Å²) in [6, 6.07) is 19.2. The number of aromatic nitrogens is 1. The Labute approximate surface area is 153 Å². The Bertz CT molecular complexity index is 938. The van der Waals surface area contributed by atoms with Gasteiger partial charge < -0.3 is 10.6 Å². The van der Waals surface area contributed by atoms with Gasteiger partial charge in [0.2, 0.25) is 0 Å². The number of pyridine rings is 1. The lowest BCUT2D eigenvalue weighted by molar-refractivity contribution is 0.756. The summed E-state index contributed by atoms with van der Waals surface area (Å²) < 4.78 is 0. The zero-order valence-corrected chi connectivity index (χ0v) is 14.7. The molecule has 4 nitrogen and oxygen atoms in total. The molecule has 0 bridgehead atoms. The second-order valence-electron chi connectivity index (χ2n) is 6.86. The average Bonchev–Trinajstić information content (AvgIpc) is 3.20.